The normalized spacial score (nSPS) is 17.0. The fourth-order valence-corrected chi connectivity index (χ4v) is 1.63. The smallest absolute Gasteiger partial charge is 0.159 e. The number of hydrogen-bond acceptors (Lipinski definition) is 4. The van der Waals surface area contributed by atoms with Crippen LogP contribution in [-0.4, -0.2) is 36.4 Å². The van der Waals surface area contributed by atoms with E-state index in [4.69, 9.17) is 5.11 Å². The molecule has 0 spiro atoms. The largest absolute Gasteiger partial charge is 0.504 e. The Balaban J connectivity index is 2.18. The molecule has 1 heterocycles. The van der Waals surface area contributed by atoms with Crippen LogP contribution in [0.5, 0.6) is 11.5 Å². The predicted octanol–water partition coefficient (Wildman–Crippen LogP) is 0.507. The second-order valence-electron chi connectivity index (χ2n) is 3.41. The molecular formula is C10H14N2O2. The Morgan fingerprint density at radius 1 is 1.07 bits per heavy atom. The number of rotatable bonds is 1. The van der Waals surface area contributed by atoms with E-state index < -0.39 is 0 Å². The number of benzene rings is 1. The van der Waals surface area contributed by atoms with E-state index in [1.807, 2.05) is 6.07 Å². The number of nitrogens with one attached hydrogen (secondary N) is 1. The van der Waals surface area contributed by atoms with Crippen molar-refractivity contribution in [2.75, 3.05) is 31.1 Å². The van der Waals surface area contributed by atoms with E-state index in [1.54, 1.807) is 6.07 Å². The molecular weight excluding hydrogens is 180 g/mol. The number of anilines is 1. The second kappa shape index (κ2) is 3.75. The summed E-state index contributed by atoms with van der Waals surface area (Å²) in [5, 5.41) is 21.8. The lowest BCUT2D eigenvalue weighted by Crippen LogP contribution is -2.43. The summed E-state index contributed by atoms with van der Waals surface area (Å²) in [6, 6.07) is 4.94. The zero-order valence-electron chi connectivity index (χ0n) is 7.90. The van der Waals surface area contributed by atoms with Crippen molar-refractivity contribution >= 4 is 5.69 Å². The van der Waals surface area contributed by atoms with Crippen molar-refractivity contribution in [2.24, 2.45) is 0 Å². The fourth-order valence-electron chi connectivity index (χ4n) is 1.63. The summed E-state index contributed by atoms with van der Waals surface area (Å²) in [7, 11) is 0. The van der Waals surface area contributed by atoms with Gasteiger partial charge >= 0.3 is 0 Å². The molecule has 0 aliphatic carbocycles. The van der Waals surface area contributed by atoms with Crippen LogP contribution in [0, 0.1) is 0 Å². The first-order valence-electron chi connectivity index (χ1n) is 4.75. The highest BCUT2D eigenvalue weighted by atomic mass is 16.3. The first kappa shape index (κ1) is 9.15. The number of piperazine rings is 1. The molecule has 1 aromatic rings. The number of phenols is 2. The van der Waals surface area contributed by atoms with Gasteiger partial charge in [-0.3, -0.25) is 0 Å². The van der Waals surface area contributed by atoms with Gasteiger partial charge in [-0.1, -0.05) is 0 Å². The molecule has 1 fully saturated rings. The van der Waals surface area contributed by atoms with E-state index in [1.165, 1.54) is 6.07 Å². The van der Waals surface area contributed by atoms with Gasteiger partial charge in [0, 0.05) is 37.9 Å². The molecule has 3 N–H and O–H groups in total. The molecule has 1 aliphatic heterocycles. The van der Waals surface area contributed by atoms with Gasteiger partial charge in [-0.2, -0.15) is 0 Å². The van der Waals surface area contributed by atoms with Crippen LogP contribution >= 0.6 is 0 Å². The van der Waals surface area contributed by atoms with Crippen LogP contribution in [0.15, 0.2) is 18.2 Å². The molecule has 76 valence electrons. The summed E-state index contributed by atoms with van der Waals surface area (Å²) >= 11 is 0. The zero-order valence-corrected chi connectivity index (χ0v) is 7.90. The van der Waals surface area contributed by atoms with Crippen molar-refractivity contribution in [1.82, 2.24) is 5.32 Å². The summed E-state index contributed by atoms with van der Waals surface area (Å²) in [5.74, 6) is -0.120. The molecule has 1 aliphatic rings. The zero-order chi connectivity index (χ0) is 9.97. The van der Waals surface area contributed by atoms with Gasteiger partial charge < -0.3 is 20.4 Å². The first-order chi connectivity index (χ1) is 6.77. The third-order valence-corrected chi connectivity index (χ3v) is 2.44. The quantitative estimate of drug-likeness (QED) is 0.570. The minimum atomic E-state index is -0.0658. The van der Waals surface area contributed by atoms with Crippen LogP contribution in [0.25, 0.3) is 0 Å². The highest BCUT2D eigenvalue weighted by Crippen LogP contribution is 2.29. The minimum Gasteiger partial charge on any atom is -0.504 e. The van der Waals surface area contributed by atoms with E-state index >= 15 is 0 Å². The Morgan fingerprint density at radius 2 is 1.79 bits per heavy atom. The molecule has 1 saturated heterocycles. The number of nitrogens with zero attached hydrogens (tertiary/aromatic N) is 1. The van der Waals surface area contributed by atoms with Crippen molar-refractivity contribution in [3.63, 3.8) is 0 Å². The van der Waals surface area contributed by atoms with E-state index in [0.717, 1.165) is 31.9 Å². The third-order valence-electron chi connectivity index (χ3n) is 2.44. The lowest BCUT2D eigenvalue weighted by atomic mass is 10.2. The average Bonchev–Trinajstić information content (AvgIpc) is 2.23. The lowest BCUT2D eigenvalue weighted by Gasteiger charge is -2.29. The maximum atomic E-state index is 9.34. The Bertz CT molecular complexity index is 322. The van der Waals surface area contributed by atoms with Gasteiger partial charge in [-0.05, 0) is 12.1 Å². The predicted molar refractivity (Wildman–Crippen MR) is 54.9 cm³/mol. The van der Waals surface area contributed by atoms with Crippen LogP contribution in [0.3, 0.4) is 0 Å². The maximum Gasteiger partial charge on any atom is 0.159 e. The molecule has 0 aromatic heterocycles. The number of aromatic hydroxyl groups is 2. The molecule has 0 amide bonds. The number of hydrogen-bond donors (Lipinski definition) is 3. The van der Waals surface area contributed by atoms with E-state index in [0.29, 0.717) is 0 Å². The molecule has 0 bridgehead atoms. The van der Waals surface area contributed by atoms with Crippen LogP contribution in [0.1, 0.15) is 0 Å². The maximum absolute atomic E-state index is 9.34. The number of phenolic OH excluding ortho intramolecular Hbond substituents is 2. The van der Waals surface area contributed by atoms with Gasteiger partial charge in [-0.15, -0.1) is 0 Å². The van der Waals surface area contributed by atoms with Gasteiger partial charge in [-0.25, -0.2) is 0 Å². The van der Waals surface area contributed by atoms with Gasteiger partial charge in [0.25, 0.3) is 0 Å². The van der Waals surface area contributed by atoms with Crippen LogP contribution < -0.4 is 10.2 Å². The minimum absolute atomic E-state index is 0.0546. The van der Waals surface area contributed by atoms with Crippen LogP contribution in [0.2, 0.25) is 0 Å². The highest BCUT2D eigenvalue weighted by molar-refractivity contribution is 5.55. The standard InChI is InChI=1S/C10H14N2O2/c13-9-2-1-8(7-10(9)14)12-5-3-11-4-6-12/h1-2,7,11,13-14H,3-6H2. The second-order valence-corrected chi connectivity index (χ2v) is 3.41. The monoisotopic (exact) mass is 194 g/mol. The third kappa shape index (κ3) is 1.75. The summed E-state index contributed by atoms with van der Waals surface area (Å²) in [4.78, 5) is 2.18. The van der Waals surface area contributed by atoms with Crippen molar-refractivity contribution in [1.29, 1.82) is 0 Å². The average molecular weight is 194 g/mol. The Kier molecular flexibility index (Phi) is 2.45. The lowest BCUT2D eigenvalue weighted by molar-refractivity contribution is 0.403. The summed E-state index contributed by atoms with van der Waals surface area (Å²) in [6.07, 6.45) is 0. The van der Waals surface area contributed by atoms with Crippen molar-refractivity contribution in [3.05, 3.63) is 18.2 Å². The first-order valence-corrected chi connectivity index (χ1v) is 4.75. The molecule has 2 rings (SSSR count). The van der Waals surface area contributed by atoms with Crippen molar-refractivity contribution in [3.8, 4) is 11.5 Å². The van der Waals surface area contributed by atoms with Crippen molar-refractivity contribution in [2.45, 2.75) is 0 Å². The molecule has 0 saturated carbocycles. The van der Waals surface area contributed by atoms with E-state index in [2.05, 4.69) is 10.2 Å². The topological polar surface area (TPSA) is 55.7 Å². The summed E-state index contributed by atoms with van der Waals surface area (Å²) in [6.45, 7) is 3.79. The summed E-state index contributed by atoms with van der Waals surface area (Å²) in [5.41, 5.74) is 0.960. The Morgan fingerprint density at radius 3 is 2.43 bits per heavy atom. The molecule has 4 nitrogen and oxygen atoms in total. The van der Waals surface area contributed by atoms with Crippen molar-refractivity contribution < 1.29 is 10.2 Å². The molecule has 1 aromatic carbocycles. The van der Waals surface area contributed by atoms with Gasteiger partial charge in [0.1, 0.15) is 0 Å². The molecule has 14 heavy (non-hydrogen) atoms. The highest BCUT2D eigenvalue weighted by Gasteiger charge is 2.11. The van der Waals surface area contributed by atoms with Gasteiger partial charge in [0.15, 0.2) is 11.5 Å². The molecule has 4 heteroatoms. The summed E-state index contributed by atoms with van der Waals surface area (Å²) < 4.78 is 0. The van der Waals surface area contributed by atoms with Crippen LogP contribution in [0.4, 0.5) is 5.69 Å². The molecule has 0 unspecified atom stereocenters. The van der Waals surface area contributed by atoms with Gasteiger partial charge in [0.2, 0.25) is 0 Å². The Hall–Kier alpha value is -1.42. The molecule has 0 radical (unpaired) electrons. The van der Waals surface area contributed by atoms with Gasteiger partial charge in [0.05, 0.1) is 0 Å². The molecule has 0 atom stereocenters. The van der Waals surface area contributed by atoms with E-state index in [9.17, 15) is 5.11 Å². The fraction of sp³-hybridized carbons (Fsp3) is 0.400. The Labute approximate surface area is 82.8 Å². The van der Waals surface area contributed by atoms with Crippen LogP contribution in [-0.2, 0) is 0 Å². The van der Waals surface area contributed by atoms with E-state index in [-0.39, 0.29) is 11.5 Å². The SMILES string of the molecule is Oc1ccc(N2CCNCC2)cc1O.